The second kappa shape index (κ2) is 6.33. The van der Waals surface area contributed by atoms with E-state index in [-0.39, 0.29) is 5.96 Å². The van der Waals surface area contributed by atoms with Crippen LogP contribution in [0.15, 0.2) is 23.3 Å². The van der Waals surface area contributed by atoms with Gasteiger partial charge in [0, 0.05) is 0 Å². The zero-order valence-electron chi connectivity index (χ0n) is 9.52. The average Bonchev–Trinajstić information content (AvgIpc) is 2.38. The third-order valence-corrected chi connectivity index (χ3v) is 1.95. The van der Waals surface area contributed by atoms with E-state index >= 15 is 0 Å². The van der Waals surface area contributed by atoms with Crippen molar-refractivity contribution < 1.29 is 14.7 Å². The van der Waals surface area contributed by atoms with Crippen LogP contribution in [-0.2, 0) is 0 Å². The van der Waals surface area contributed by atoms with Crippen molar-refractivity contribution >= 4 is 12.2 Å². The molecule has 92 valence electrons. The number of hydroxylamine groups is 1. The van der Waals surface area contributed by atoms with Crippen LogP contribution >= 0.6 is 0 Å². The predicted octanol–water partition coefficient (Wildman–Crippen LogP) is 0.541. The standard InChI is InChI=1S/C10H14N4O3/c1-16-8-4-3-5-9(17-2)7(8)6-12-13-10(11)14-15/h3-6,15H,1-2H3,(H3,11,13,14)/b12-6+. The van der Waals surface area contributed by atoms with Crippen LogP contribution in [-0.4, -0.2) is 31.6 Å². The molecule has 0 aliphatic carbocycles. The fraction of sp³-hybridized carbons (Fsp3) is 0.200. The summed E-state index contributed by atoms with van der Waals surface area (Å²) in [7, 11) is 3.08. The van der Waals surface area contributed by atoms with Crippen molar-refractivity contribution in [3.63, 3.8) is 0 Å². The molecule has 0 atom stereocenters. The zero-order valence-corrected chi connectivity index (χ0v) is 9.52. The van der Waals surface area contributed by atoms with Gasteiger partial charge in [0.1, 0.15) is 11.5 Å². The van der Waals surface area contributed by atoms with Gasteiger partial charge in [-0.05, 0) is 12.1 Å². The summed E-state index contributed by atoms with van der Waals surface area (Å²) in [5.41, 5.74) is 4.50. The summed E-state index contributed by atoms with van der Waals surface area (Å²) in [6.45, 7) is 0. The Labute approximate surface area is 98.5 Å². The average molecular weight is 238 g/mol. The van der Waals surface area contributed by atoms with Gasteiger partial charge >= 0.3 is 0 Å². The number of hydrogen-bond donors (Lipinski definition) is 4. The molecule has 0 amide bonds. The van der Waals surface area contributed by atoms with Crippen LogP contribution in [0.5, 0.6) is 11.5 Å². The normalized spacial score (nSPS) is 10.1. The third-order valence-electron chi connectivity index (χ3n) is 1.95. The Morgan fingerprint density at radius 2 is 1.94 bits per heavy atom. The van der Waals surface area contributed by atoms with Gasteiger partial charge in [-0.15, -0.1) is 0 Å². The Kier molecular flexibility index (Phi) is 4.77. The Bertz CT molecular complexity index is 398. The van der Waals surface area contributed by atoms with E-state index in [4.69, 9.17) is 20.1 Å². The van der Waals surface area contributed by atoms with Crippen LogP contribution in [0.25, 0.3) is 0 Å². The van der Waals surface area contributed by atoms with Crippen molar-refractivity contribution in [2.24, 2.45) is 5.10 Å². The van der Waals surface area contributed by atoms with Gasteiger partial charge in [-0.1, -0.05) is 6.07 Å². The SMILES string of the molecule is COc1cccc(OC)c1/C=N/NC(=N)NO. The molecule has 0 aromatic heterocycles. The molecule has 0 aliphatic heterocycles. The molecule has 0 aliphatic rings. The van der Waals surface area contributed by atoms with Crippen molar-refractivity contribution in [1.82, 2.24) is 10.9 Å². The highest BCUT2D eigenvalue weighted by Gasteiger charge is 2.06. The lowest BCUT2D eigenvalue weighted by Crippen LogP contribution is -2.30. The van der Waals surface area contributed by atoms with Crippen molar-refractivity contribution in [1.29, 1.82) is 5.41 Å². The molecule has 1 rings (SSSR count). The van der Waals surface area contributed by atoms with Gasteiger partial charge in [0.15, 0.2) is 0 Å². The van der Waals surface area contributed by atoms with Crippen LogP contribution < -0.4 is 20.4 Å². The van der Waals surface area contributed by atoms with Crippen LogP contribution in [0.2, 0.25) is 0 Å². The highest BCUT2D eigenvalue weighted by atomic mass is 16.5. The van der Waals surface area contributed by atoms with Gasteiger partial charge in [-0.2, -0.15) is 5.10 Å². The molecule has 1 aromatic rings. The van der Waals surface area contributed by atoms with E-state index in [0.717, 1.165) is 0 Å². The molecule has 0 saturated heterocycles. The molecule has 17 heavy (non-hydrogen) atoms. The van der Waals surface area contributed by atoms with Crippen molar-refractivity contribution in [3.05, 3.63) is 23.8 Å². The van der Waals surface area contributed by atoms with E-state index in [9.17, 15) is 0 Å². The number of rotatable bonds is 4. The molecular formula is C10H14N4O3. The summed E-state index contributed by atoms with van der Waals surface area (Å²) >= 11 is 0. The lowest BCUT2D eigenvalue weighted by atomic mass is 10.2. The van der Waals surface area contributed by atoms with Crippen LogP contribution in [0, 0.1) is 5.41 Å². The lowest BCUT2D eigenvalue weighted by molar-refractivity contribution is 0.228. The van der Waals surface area contributed by atoms with Crippen molar-refractivity contribution in [2.75, 3.05) is 14.2 Å². The van der Waals surface area contributed by atoms with Gasteiger partial charge in [-0.25, -0.2) is 10.9 Å². The van der Waals surface area contributed by atoms with Crippen molar-refractivity contribution in [3.8, 4) is 11.5 Å². The van der Waals surface area contributed by atoms with Crippen LogP contribution in [0.1, 0.15) is 5.56 Å². The Morgan fingerprint density at radius 1 is 1.35 bits per heavy atom. The number of methoxy groups -OCH3 is 2. The maximum Gasteiger partial charge on any atom is 0.233 e. The Balaban J connectivity index is 2.91. The zero-order chi connectivity index (χ0) is 12.7. The summed E-state index contributed by atoms with van der Waals surface area (Å²) in [5, 5.41) is 19.2. The molecule has 7 heteroatoms. The smallest absolute Gasteiger partial charge is 0.233 e. The summed E-state index contributed by atoms with van der Waals surface area (Å²) in [5.74, 6) is 0.854. The minimum Gasteiger partial charge on any atom is -0.496 e. The molecule has 1 aromatic carbocycles. The summed E-state index contributed by atoms with van der Waals surface area (Å²) in [6.07, 6.45) is 1.43. The molecule has 4 N–H and O–H groups in total. The van der Waals surface area contributed by atoms with Gasteiger partial charge in [-0.3, -0.25) is 10.6 Å². The molecule has 0 fully saturated rings. The monoisotopic (exact) mass is 238 g/mol. The van der Waals surface area contributed by atoms with E-state index in [1.807, 2.05) is 0 Å². The Hall–Kier alpha value is -2.28. The summed E-state index contributed by atoms with van der Waals surface area (Å²) in [6, 6.07) is 5.32. The molecule has 0 radical (unpaired) electrons. The van der Waals surface area contributed by atoms with Gasteiger partial charge < -0.3 is 9.47 Å². The number of ether oxygens (including phenoxy) is 2. The van der Waals surface area contributed by atoms with E-state index in [0.29, 0.717) is 17.1 Å². The highest BCUT2D eigenvalue weighted by molar-refractivity contribution is 5.88. The largest absolute Gasteiger partial charge is 0.496 e. The van der Waals surface area contributed by atoms with Gasteiger partial charge in [0.2, 0.25) is 5.96 Å². The molecule has 0 saturated carbocycles. The quantitative estimate of drug-likeness (QED) is 0.348. The van der Waals surface area contributed by atoms with E-state index in [1.54, 1.807) is 23.7 Å². The molecule has 0 heterocycles. The van der Waals surface area contributed by atoms with Gasteiger partial charge in [0.05, 0.1) is 26.0 Å². The number of benzene rings is 1. The minimum absolute atomic E-state index is 0.338. The summed E-state index contributed by atoms with van der Waals surface area (Å²) < 4.78 is 10.3. The van der Waals surface area contributed by atoms with Gasteiger partial charge in [0.25, 0.3) is 0 Å². The molecular weight excluding hydrogens is 224 g/mol. The first-order valence-electron chi connectivity index (χ1n) is 4.71. The first-order chi connectivity index (χ1) is 8.22. The molecule has 0 spiro atoms. The topological polar surface area (TPSA) is 99.0 Å². The fourth-order valence-corrected chi connectivity index (χ4v) is 1.19. The lowest BCUT2D eigenvalue weighted by Gasteiger charge is -2.09. The van der Waals surface area contributed by atoms with E-state index in [1.165, 1.54) is 20.4 Å². The first kappa shape index (κ1) is 12.8. The number of nitrogens with zero attached hydrogens (tertiary/aromatic N) is 1. The van der Waals surface area contributed by atoms with Crippen molar-refractivity contribution in [2.45, 2.75) is 0 Å². The predicted molar refractivity (Wildman–Crippen MR) is 62.9 cm³/mol. The molecule has 0 unspecified atom stereocenters. The maximum atomic E-state index is 8.37. The second-order valence-electron chi connectivity index (χ2n) is 2.93. The number of hydrazone groups is 1. The fourth-order valence-electron chi connectivity index (χ4n) is 1.19. The van der Waals surface area contributed by atoms with Crippen LogP contribution in [0.3, 0.4) is 0 Å². The second-order valence-corrected chi connectivity index (χ2v) is 2.93. The van der Waals surface area contributed by atoms with E-state index in [2.05, 4.69) is 10.5 Å². The number of guanidine groups is 1. The van der Waals surface area contributed by atoms with E-state index < -0.39 is 0 Å². The number of nitrogens with one attached hydrogen (secondary N) is 3. The first-order valence-corrected chi connectivity index (χ1v) is 4.71. The maximum absolute atomic E-state index is 8.37. The summed E-state index contributed by atoms with van der Waals surface area (Å²) in [4.78, 5) is 0. The van der Waals surface area contributed by atoms with Crippen LogP contribution in [0.4, 0.5) is 0 Å². The molecule has 0 bridgehead atoms. The minimum atomic E-state index is -0.338. The Morgan fingerprint density at radius 3 is 2.41 bits per heavy atom. The number of hydrogen-bond acceptors (Lipinski definition) is 5. The molecule has 7 nitrogen and oxygen atoms in total. The third kappa shape index (κ3) is 3.35. The highest BCUT2D eigenvalue weighted by Crippen LogP contribution is 2.25.